The molecular formula is C17H24N4O3. The zero-order valence-corrected chi connectivity index (χ0v) is 14.2. The standard InChI is InChI=1S/C17H24N4O3/c1-12-16(13(2)24-20-12)3-4-17(22)19-15-9-18-21(11-15)10-14-5-7-23-8-6-14/h9,11,14H,3-8,10H2,1-2H3,(H,19,22). The van der Waals surface area contributed by atoms with Gasteiger partial charge in [-0.25, -0.2) is 0 Å². The normalized spacial score (nSPS) is 15.6. The summed E-state index contributed by atoms with van der Waals surface area (Å²) in [4.78, 5) is 12.1. The fourth-order valence-corrected chi connectivity index (χ4v) is 3.04. The minimum Gasteiger partial charge on any atom is -0.381 e. The van der Waals surface area contributed by atoms with Crippen LogP contribution in [0, 0.1) is 19.8 Å². The minimum atomic E-state index is -0.0272. The second-order valence-electron chi connectivity index (χ2n) is 6.36. The number of nitrogens with one attached hydrogen (secondary N) is 1. The van der Waals surface area contributed by atoms with Gasteiger partial charge in [0.15, 0.2) is 0 Å². The van der Waals surface area contributed by atoms with Gasteiger partial charge in [0.1, 0.15) is 5.76 Å². The lowest BCUT2D eigenvalue weighted by Crippen LogP contribution is -2.20. The van der Waals surface area contributed by atoms with E-state index in [2.05, 4.69) is 15.6 Å². The number of anilines is 1. The summed E-state index contributed by atoms with van der Waals surface area (Å²) in [5.74, 6) is 1.35. The van der Waals surface area contributed by atoms with Crippen LogP contribution in [0.25, 0.3) is 0 Å². The van der Waals surface area contributed by atoms with Crippen LogP contribution in [0.15, 0.2) is 16.9 Å². The summed E-state index contributed by atoms with van der Waals surface area (Å²) in [5, 5.41) is 11.1. The van der Waals surface area contributed by atoms with Crippen LogP contribution in [-0.4, -0.2) is 34.1 Å². The summed E-state index contributed by atoms with van der Waals surface area (Å²) in [7, 11) is 0. The molecule has 0 radical (unpaired) electrons. The van der Waals surface area contributed by atoms with Crippen LogP contribution in [0.5, 0.6) is 0 Å². The van der Waals surface area contributed by atoms with E-state index in [1.807, 2.05) is 24.7 Å². The minimum absolute atomic E-state index is 0.0272. The maximum atomic E-state index is 12.1. The highest BCUT2D eigenvalue weighted by molar-refractivity contribution is 5.90. The molecule has 7 nitrogen and oxygen atoms in total. The molecule has 7 heteroatoms. The van der Waals surface area contributed by atoms with Gasteiger partial charge in [-0.15, -0.1) is 0 Å². The lowest BCUT2D eigenvalue weighted by Gasteiger charge is -2.21. The first-order valence-corrected chi connectivity index (χ1v) is 8.43. The molecule has 1 aliphatic heterocycles. The molecule has 1 saturated heterocycles. The number of carbonyl (C=O) groups is 1. The Balaban J connectivity index is 1.48. The summed E-state index contributed by atoms with van der Waals surface area (Å²) in [6, 6.07) is 0. The van der Waals surface area contributed by atoms with Crippen LogP contribution in [-0.2, 0) is 22.5 Å². The summed E-state index contributed by atoms with van der Waals surface area (Å²) in [6.45, 7) is 6.30. The second-order valence-corrected chi connectivity index (χ2v) is 6.36. The molecule has 2 aromatic rings. The van der Waals surface area contributed by atoms with Gasteiger partial charge in [-0.05, 0) is 39.0 Å². The van der Waals surface area contributed by atoms with Crippen molar-refractivity contribution in [2.24, 2.45) is 5.92 Å². The molecule has 1 N–H and O–H groups in total. The van der Waals surface area contributed by atoms with E-state index >= 15 is 0 Å². The van der Waals surface area contributed by atoms with Crippen molar-refractivity contribution in [3.8, 4) is 0 Å². The molecule has 2 aromatic heterocycles. The van der Waals surface area contributed by atoms with E-state index in [0.29, 0.717) is 18.8 Å². The van der Waals surface area contributed by atoms with Crippen LogP contribution in [0.1, 0.15) is 36.3 Å². The molecular weight excluding hydrogens is 308 g/mol. The Morgan fingerprint density at radius 3 is 2.88 bits per heavy atom. The maximum absolute atomic E-state index is 12.1. The number of amides is 1. The van der Waals surface area contributed by atoms with E-state index in [4.69, 9.17) is 9.26 Å². The van der Waals surface area contributed by atoms with E-state index in [-0.39, 0.29) is 5.91 Å². The highest BCUT2D eigenvalue weighted by Crippen LogP contribution is 2.18. The Bertz CT molecular complexity index is 666. The highest BCUT2D eigenvalue weighted by atomic mass is 16.5. The predicted molar refractivity (Wildman–Crippen MR) is 88.7 cm³/mol. The molecule has 0 saturated carbocycles. The van der Waals surface area contributed by atoms with Crippen molar-refractivity contribution in [3.63, 3.8) is 0 Å². The van der Waals surface area contributed by atoms with Crippen molar-refractivity contribution >= 4 is 11.6 Å². The van der Waals surface area contributed by atoms with Gasteiger partial charge in [-0.1, -0.05) is 5.16 Å². The molecule has 0 unspecified atom stereocenters. The average Bonchev–Trinajstić information content (AvgIpc) is 3.13. The predicted octanol–water partition coefficient (Wildman–Crippen LogP) is 2.49. The molecule has 0 atom stereocenters. The number of carbonyl (C=O) groups excluding carboxylic acids is 1. The molecule has 3 heterocycles. The summed E-state index contributed by atoms with van der Waals surface area (Å²) in [6.07, 6.45) is 6.76. The van der Waals surface area contributed by atoms with Gasteiger partial charge >= 0.3 is 0 Å². The number of hydrogen-bond donors (Lipinski definition) is 1. The Labute approximate surface area is 141 Å². The molecule has 24 heavy (non-hydrogen) atoms. The lowest BCUT2D eigenvalue weighted by atomic mass is 10.0. The van der Waals surface area contributed by atoms with Crippen molar-refractivity contribution in [1.82, 2.24) is 14.9 Å². The molecule has 1 fully saturated rings. The first kappa shape index (κ1) is 16.7. The van der Waals surface area contributed by atoms with E-state index < -0.39 is 0 Å². The van der Waals surface area contributed by atoms with Crippen LogP contribution in [0.3, 0.4) is 0 Å². The average molecular weight is 332 g/mol. The smallest absolute Gasteiger partial charge is 0.224 e. The third kappa shape index (κ3) is 4.23. The van der Waals surface area contributed by atoms with Crippen molar-refractivity contribution in [2.45, 2.75) is 46.1 Å². The molecule has 1 aliphatic rings. The lowest BCUT2D eigenvalue weighted by molar-refractivity contribution is -0.116. The molecule has 0 bridgehead atoms. The Morgan fingerprint density at radius 2 is 2.17 bits per heavy atom. The van der Waals surface area contributed by atoms with Crippen LogP contribution >= 0.6 is 0 Å². The van der Waals surface area contributed by atoms with Gasteiger partial charge in [0.2, 0.25) is 5.91 Å². The van der Waals surface area contributed by atoms with E-state index in [0.717, 1.165) is 55.3 Å². The van der Waals surface area contributed by atoms with Gasteiger partial charge < -0.3 is 14.6 Å². The van der Waals surface area contributed by atoms with Crippen LogP contribution in [0.2, 0.25) is 0 Å². The monoisotopic (exact) mass is 332 g/mol. The quantitative estimate of drug-likeness (QED) is 0.879. The van der Waals surface area contributed by atoms with Gasteiger partial charge in [0.05, 0.1) is 17.6 Å². The van der Waals surface area contributed by atoms with Crippen molar-refractivity contribution in [1.29, 1.82) is 0 Å². The largest absolute Gasteiger partial charge is 0.381 e. The number of hydrogen-bond acceptors (Lipinski definition) is 5. The van der Waals surface area contributed by atoms with Gasteiger partial charge in [0, 0.05) is 37.9 Å². The van der Waals surface area contributed by atoms with E-state index in [1.54, 1.807) is 6.20 Å². The fourth-order valence-electron chi connectivity index (χ4n) is 3.04. The molecule has 0 spiro atoms. The topological polar surface area (TPSA) is 82.2 Å². The zero-order chi connectivity index (χ0) is 16.9. The number of aromatic nitrogens is 3. The van der Waals surface area contributed by atoms with E-state index in [1.165, 1.54) is 0 Å². The molecule has 130 valence electrons. The number of nitrogens with zero attached hydrogens (tertiary/aromatic N) is 3. The number of aryl methyl sites for hydroxylation is 2. The molecule has 0 aliphatic carbocycles. The Kier molecular flexibility index (Phi) is 5.30. The van der Waals surface area contributed by atoms with Crippen LogP contribution < -0.4 is 5.32 Å². The van der Waals surface area contributed by atoms with Crippen molar-refractivity contribution in [3.05, 3.63) is 29.4 Å². The summed E-state index contributed by atoms with van der Waals surface area (Å²) < 4.78 is 12.4. The molecule has 1 amide bonds. The molecule has 3 rings (SSSR count). The first-order valence-electron chi connectivity index (χ1n) is 8.43. The van der Waals surface area contributed by atoms with Gasteiger partial charge in [-0.3, -0.25) is 9.48 Å². The summed E-state index contributed by atoms with van der Waals surface area (Å²) in [5.41, 5.74) is 2.61. The third-order valence-corrected chi connectivity index (χ3v) is 4.49. The van der Waals surface area contributed by atoms with Crippen molar-refractivity contribution in [2.75, 3.05) is 18.5 Å². The van der Waals surface area contributed by atoms with Gasteiger partial charge in [0.25, 0.3) is 0 Å². The maximum Gasteiger partial charge on any atom is 0.224 e. The molecule has 0 aromatic carbocycles. The number of rotatable bonds is 6. The first-order chi connectivity index (χ1) is 11.6. The van der Waals surface area contributed by atoms with Crippen LogP contribution in [0.4, 0.5) is 5.69 Å². The second kappa shape index (κ2) is 7.61. The van der Waals surface area contributed by atoms with Crippen molar-refractivity contribution < 1.29 is 14.1 Å². The Morgan fingerprint density at radius 1 is 1.38 bits per heavy atom. The Hall–Kier alpha value is -2.15. The summed E-state index contributed by atoms with van der Waals surface area (Å²) >= 11 is 0. The SMILES string of the molecule is Cc1noc(C)c1CCC(=O)Nc1cnn(CC2CCOCC2)c1. The van der Waals surface area contributed by atoms with E-state index in [9.17, 15) is 4.79 Å². The third-order valence-electron chi connectivity index (χ3n) is 4.49. The number of ether oxygens (including phenoxy) is 1. The van der Waals surface area contributed by atoms with Gasteiger partial charge in [-0.2, -0.15) is 5.10 Å². The fraction of sp³-hybridized carbons (Fsp3) is 0.588. The zero-order valence-electron chi connectivity index (χ0n) is 14.2. The highest BCUT2D eigenvalue weighted by Gasteiger charge is 2.15.